The van der Waals surface area contributed by atoms with Crippen LogP contribution in [0.15, 0.2) is 65.7 Å². The van der Waals surface area contributed by atoms with Crippen molar-refractivity contribution >= 4 is 51.0 Å². The molecule has 4 N–H and O–H groups in total. The largest absolute Gasteiger partial charge is 0.768 e. The first-order chi connectivity index (χ1) is 20.6. The van der Waals surface area contributed by atoms with E-state index in [2.05, 4.69) is 20.4 Å². The molecule has 5 rings (SSSR count). The van der Waals surface area contributed by atoms with Crippen LogP contribution in [0, 0.1) is 18.6 Å². The molecule has 0 aliphatic carbocycles. The number of nitrogen functional groups attached to an aromatic ring is 1. The van der Waals surface area contributed by atoms with E-state index in [4.69, 9.17) is 5.73 Å². The summed E-state index contributed by atoms with van der Waals surface area (Å²) in [6, 6.07) is 11.1. The number of carbonyl (C=O) groups is 2. The molecule has 2 heterocycles. The molecule has 1 fully saturated rings. The summed E-state index contributed by atoms with van der Waals surface area (Å²) in [6.07, 6.45) is 1.75. The van der Waals surface area contributed by atoms with Crippen LogP contribution in [0.4, 0.5) is 30.8 Å². The number of aryl methyl sites for hydroxylation is 1. The number of rotatable bonds is 7. The zero-order valence-corrected chi connectivity index (χ0v) is 24.0. The highest BCUT2D eigenvalue weighted by Gasteiger charge is 2.37. The Morgan fingerprint density at radius 2 is 1.88 bits per heavy atom. The fourth-order valence-electron chi connectivity index (χ4n) is 5.36. The van der Waals surface area contributed by atoms with Crippen molar-refractivity contribution in [2.24, 2.45) is 0 Å². The number of anilines is 3. The normalized spacial score (nSPS) is 16.1. The van der Waals surface area contributed by atoms with Gasteiger partial charge in [-0.3, -0.25) is 14.3 Å². The second-order valence-corrected chi connectivity index (χ2v) is 11.0. The number of nitrogens with one attached hydrogen (secondary N) is 2. The Morgan fingerprint density at radius 1 is 1.12 bits per heavy atom. The number of aromatic nitrogens is 1. The summed E-state index contributed by atoms with van der Waals surface area (Å²) in [4.78, 5) is 31.6. The van der Waals surface area contributed by atoms with Crippen molar-refractivity contribution in [2.75, 3.05) is 30.0 Å². The molecule has 1 aromatic heterocycles. The third-order valence-corrected chi connectivity index (χ3v) is 8.19. The average molecular weight is 609 g/mol. The van der Waals surface area contributed by atoms with E-state index in [1.807, 2.05) is 0 Å². The van der Waals surface area contributed by atoms with E-state index in [1.165, 1.54) is 43.2 Å². The summed E-state index contributed by atoms with van der Waals surface area (Å²) in [6.45, 7) is 1.73. The monoisotopic (exact) mass is 608 g/mol. The molecule has 3 atom stereocenters. The Kier molecular flexibility index (Phi) is 8.55. The summed E-state index contributed by atoms with van der Waals surface area (Å²) in [5, 5.41) is 7.05. The van der Waals surface area contributed by atoms with Gasteiger partial charge in [-0.15, -0.1) is 0 Å². The van der Waals surface area contributed by atoms with E-state index in [1.54, 1.807) is 30.5 Å². The molecular weight excluding hydrogens is 580 g/mol. The average Bonchev–Trinajstić information content (AvgIpc) is 3.47. The Bertz CT molecular complexity index is 1750. The predicted octanol–water partition coefficient (Wildman–Crippen LogP) is 5.34. The molecule has 13 heteroatoms. The van der Waals surface area contributed by atoms with Gasteiger partial charge in [-0.1, -0.05) is 0 Å². The highest BCUT2D eigenvalue weighted by Crippen LogP contribution is 2.39. The van der Waals surface area contributed by atoms with Crippen LogP contribution in [0.25, 0.3) is 10.8 Å². The first kappa shape index (κ1) is 29.9. The van der Waals surface area contributed by atoms with E-state index in [0.29, 0.717) is 29.7 Å². The van der Waals surface area contributed by atoms with Gasteiger partial charge >= 0.3 is 6.09 Å². The number of ether oxygens (including phenoxy) is 1. The summed E-state index contributed by atoms with van der Waals surface area (Å²) < 4.78 is 58.5. The topological polar surface area (TPSA) is 150 Å². The van der Waals surface area contributed by atoms with Crippen LogP contribution in [-0.4, -0.2) is 44.3 Å². The number of amides is 2. The molecule has 1 saturated heterocycles. The third-order valence-electron chi connectivity index (χ3n) is 7.46. The summed E-state index contributed by atoms with van der Waals surface area (Å²) in [5.74, 6) is -1.88. The Balaban J connectivity index is 1.57. The van der Waals surface area contributed by atoms with Crippen LogP contribution in [0.3, 0.4) is 0 Å². The number of likely N-dealkylation sites (tertiary alicyclic amines) is 1. The van der Waals surface area contributed by atoms with Gasteiger partial charge < -0.3 is 25.2 Å². The van der Waals surface area contributed by atoms with Gasteiger partial charge in [-0.25, -0.2) is 18.6 Å². The third kappa shape index (κ3) is 6.13. The zero-order valence-electron chi connectivity index (χ0n) is 23.2. The van der Waals surface area contributed by atoms with Gasteiger partial charge in [0.2, 0.25) is 5.91 Å². The summed E-state index contributed by atoms with van der Waals surface area (Å²) in [7, 11) is 1.19. The molecule has 0 radical (unpaired) electrons. The zero-order chi connectivity index (χ0) is 30.8. The quantitative estimate of drug-likeness (QED) is 0.238. The van der Waals surface area contributed by atoms with Crippen LogP contribution in [-0.2, 0) is 20.6 Å². The number of nitrogens with zero attached hydrogens (tertiary/aromatic N) is 2. The lowest BCUT2D eigenvalue weighted by Gasteiger charge is -2.32. The second-order valence-electron chi connectivity index (χ2n) is 10.1. The minimum absolute atomic E-state index is 0.0471. The predicted molar refractivity (Wildman–Crippen MR) is 157 cm³/mol. The number of fused-ring (bicyclic) bond motifs is 1. The standard InChI is InChI=1S/C30H29F2N5O5S/c1-16-12-21(24(32)15-23(16)31)27(35-18-5-7-20-17(13-18)9-10-34-28(20)33)29(38)37-11-3-4-25(37)22-14-19(36-30(39)42-2)6-8-26(22)43(40)41/h5-10,12-15,25,27,35H,3-4,11H2,1-2H3,(H2,33,34)(H,36,39)(H,40,41)/p-1/t25-,27-/m1/s1. The van der Waals surface area contributed by atoms with E-state index in [9.17, 15) is 22.7 Å². The highest BCUT2D eigenvalue weighted by molar-refractivity contribution is 7.79. The van der Waals surface area contributed by atoms with Crippen molar-refractivity contribution in [2.45, 2.75) is 36.7 Å². The van der Waals surface area contributed by atoms with Gasteiger partial charge in [0.1, 0.15) is 23.5 Å². The molecule has 0 bridgehead atoms. The lowest BCUT2D eigenvalue weighted by molar-refractivity contribution is -0.133. The first-order valence-electron chi connectivity index (χ1n) is 13.3. The Labute approximate surface area is 248 Å². The van der Waals surface area contributed by atoms with Crippen molar-refractivity contribution in [1.29, 1.82) is 0 Å². The fraction of sp³-hybridized carbons (Fsp3) is 0.233. The van der Waals surface area contributed by atoms with Gasteiger partial charge in [0, 0.05) is 46.0 Å². The molecule has 10 nitrogen and oxygen atoms in total. The van der Waals surface area contributed by atoms with Crippen LogP contribution in [0.1, 0.15) is 41.6 Å². The first-order valence-corrected chi connectivity index (χ1v) is 14.4. The molecule has 2 amide bonds. The molecule has 1 unspecified atom stereocenters. The maximum atomic E-state index is 15.3. The van der Waals surface area contributed by atoms with Gasteiger partial charge in [0.15, 0.2) is 0 Å². The molecule has 1 aliphatic heterocycles. The van der Waals surface area contributed by atoms with Gasteiger partial charge in [0.25, 0.3) is 0 Å². The highest BCUT2D eigenvalue weighted by atomic mass is 32.2. The number of hydrogen-bond donors (Lipinski definition) is 3. The second kappa shape index (κ2) is 12.3. The van der Waals surface area contributed by atoms with Crippen LogP contribution >= 0.6 is 0 Å². The number of benzene rings is 3. The molecule has 3 aromatic carbocycles. The molecule has 43 heavy (non-hydrogen) atoms. The molecular formula is C30H28F2N5O5S-. The lowest BCUT2D eigenvalue weighted by Crippen LogP contribution is -2.38. The van der Waals surface area contributed by atoms with Crippen LogP contribution in [0.2, 0.25) is 0 Å². The van der Waals surface area contributed by atoms with Crippen molar-refractivity contribution in [3.63, 3.8) is 0 Å². The lowest BCUT2D eigenvalue weighted by atomic mass is 9.99. The SMILES string of the molecule is COC(=O)Nc1ccc(S(=O)[O-])c([C@H]2CCCN2C(=O)[C@H](Nc2ccc3c(N)nccc3c2)c2cc(C)c(F)cc2F)c1. The molecule has 1 aliphatic rings. The van der Waals surface area contributed by atoms with Gasteiger partial charge in [-0.05, 0) is 95.9 Å². The maximum absolute atomic E-state index is 15.3. The number of hydrogen-bond acceptors (Lipinski definition) is 8. The van der Waals surface area contributed by atoms with Crippen molar-refractivity contribution in [3.8, 4) is 0 Å². The Morgan fingerprint density at radius 3 is 2.63 bits per heavy atom. The van der Waals surface area contributed by atoms with E-state index in [0.717, 1.165) is 11.5 Å². The van der Waals surface area contributed by atoms with Crippen LogP contribution in [0.5, 0.6) is 0 Å². The number of halogens is 2. The Hall–Kier alpha value is -4.62. The number of pyridine rings is 1. The maximum Gasteiger partial charge on any atom is 0.411 e. The van der Waals surface area contributed by atoms with Crippen molar-refractivity contribution < 1.29 is 31.9 Å². The summed E-state index contributed by atoms with van der Waals surface area (Å²) >= 11 is -2.66. The number of nitrogens with two attached hydrogens (primary N) is 1. The molecule has 4 aromatic rings. The van der Waals surface area contributed by atoms with E-state index in [-0.39, 0.29) is 33.8 Å². The molecule has 0 spiro atoms. The minimum Gasteiger partial charge on any atom is -0.768 e. The van der Waals surface area contributed by atoms with Gasteiger partial charge in [-0.2, -0.15) is 0 Å². The van der Waals surface area contributed by atoms with Crippen molar-refractivity contribution in [1.82, 2.24) is 9.88 Å². The van der Waals surface area contributed by atoms with E-state index < -0.39 is 46.8 Å². The van der Waals surface area contributed by atoms with Gasteiger partial charge in [0.05, 0.1) is 13.2 Å². The molecule has 0 saturated carbocycles. The minimum atomic E-state index is -2.66. The fourth-order valence-corrected chi connectivity index (χ4v) is 5.92. The number of methoxy groups -OCH3 is 1. The van der Waals surface area contributed by atoms with Crippen molar-refractivity contribution in [3.05, 3.63) is 89.1 Å². The van der Waals surface area contributed by atoms with Crippen LogP contribution < -0.4 is 16.4 Å². The molecule has 224 valence electrons. The van der Waals surface area contributed by atoms with E-state index >= 15 is 4.39 Å². The smallest absolute Gasteiger partial charge is 0.411 e. The summed E-state index contributed by atoms with van der Waals surface area (Å²) in [5.41, 5.74) is 7.09. The number of carbonyl (C=O) groups excluding carboxylic acids is 2.